The first-order valence-electron chi connectivity index (χ1n) is 3.40. The predicted molar refractivity (Wildman–Crippen MR) is 40.4 cm³/mol. The Labute approximate surface area is 73.8 Å². The SMILES string of the molecule is O=C(O)C(Cl)=COC(=O)C1CC1. The first kappa shape index (κ1) is 9.06. The highest BCUT2D eigenvalue weighted by Gasteiger charge is 2.31. The van der Waals surface area contributed by atoms with Crippen LogP contribution < -0.4 is 0 Å². The molecule has 1 fully saturated rings. The van der Waals surface area contributed by atoms with E-state index in [0.29, 0.717) is 0 Å². The number of aliphatic carboxylic acids is 1. The van der Waals surface area contributed by atoms with Crippen molar-refractivity contribution in [3.05, 3.63) is 11.3 Å². The van der Waals surface area contributed by atoms with Crippen LogP contribution >= 0.6 is 11.6 Å². The van der Waals surface area contributed by atoms with E-state index in [2.05, 4.69) is 4.74 Å². The van der Waals surface area contributed by atoms with Gasteiger partial charge in [0.15, 0.2) is 5.03 Å². The van der Waals surface area contributed by atoms with Crippen LogP contribution in [0.25, 0.3) is 0 Å². The van der Waals surface area contributed by atoms with Gasteiger partial charge in [-0.3, -0.25) is 4.79 Å². The zero-order valence-electron chi connectivity index (χ0n) is 6.12. The molecule has 0 aromatic rings. The minimum Gasteiger partial charge on any atom is -0.477 e. The van der Waals surface area contributed by atoms with Gasteiger partial charge in [-0.2, -0.15) is 0 Å². The van der Waals surface area contributed by atoms with Crippen molar-refractivity contribution < 1.29 is 19.4 Å². The van der Waals surface area contributed by atoms with E-state index in [1.807, 2.05) is 0 Å². The van der Waals surface area contributed by atoms with Crippen molar-refractivity contribution >= 4 is 23.5 Å². The average molecular weight is 191 g/mol. The molecule has 1 aliphatic rings. The van der Waals surface area contributed by atoms with E-state index in [9.17, 15) is 9.59 Å². The number of carboxylic acid groups (broad SMARTS) is 1. The summed E-state index contributed by atoms with van der Waals surface area (Å²) in [5.74, 6) is -1.77. The Bertz CT molecular complexity index is 242. The Balaban J connectivity index is 2.36. The Kier molecular flexibility index (Phi) is 2.70. The molecule has 1 rings (SSSR count). The lowest BCUT2D eigenvalue weighted by molar-refractivity contribution is -0.139. The molecule has 1 N–H and O–H groups in total. The van der Waals surface area contributed by atoms with Gasteiger partial charge in [0.1, 0.15) is 6.26 Å². The lowest BCUT2D eigenvalue weighted by Gasteiger charge is -1.95. The molecule has 0 saturated heterocycles. The maximum Gasteiger partial charge on any atom is 0.350 e. The van der Waals surface area contributed by atoms with E-state index in [1.165, 1.54) is 0 Å². The molecule has 0 spiro atoms. The summed E-state index contributed by atoms with van der Waals surface area (Å²) < 4.78 is 4.48. The molecule has 0 heterocycles. The minimum absolute atomic E-state index is 0.0560. The van der Waals surface area contributed by atoms with Crippen LogP contribution in [0.4, 0.5) is 0 Å². The van der Waals surface area contributed by atoms with Gasteiger partial charge in [0.2, 0.25) is 0 Å². The third kappa shape index (κ3) is 2.54. The quantitative estimate of drug-likeness (QED) is 0.411. The fourth-order valence-electron chi connectivity index (χ4n) is 0.575. The zero-order chi connectivity index (χ0) is 9.14. The highest BCUT2D eigenvalue weighted by Crippen LogP contribution is 2.30. The topological polar surface area (TPSA) is 63.6 Å². The third-order valence-corrected chi connectivity index (χ3v) is 1.64. The molecule has 0 aromatic carbocycles. The van der Waals surface area contributed by atoms with Gasteiger partial charge >= 0.3 is 11.9 Å². The maximum atomic E-state index is 10.8. The van der Waals surface area contributed by atoms with Gasteiger partial charge in [0.05, 0.1) is 5.92 Å². The van der Waals surface area contributed by atoms with Crippen molar-refractivity contribution in [1.29, 1.82) is 0 Å². The molecular weight excluding hydrogens is 184 g/mol. The van der Waals surface area contributed by atoms with Crippen molar-refractivity contribution in [1.82, 2.24) is 0 Å². The molecule has 0 unspecified atom stereocenters. The Morgan fingerprint density at radius 1 is 1.50 bits per heavy atom. The lowest BCUT2D eigenvalue weighted by Crippen LogP contribution is -2.03. The summed E-state index contributed by atoms with van der Waals surface area (Å²) in [6, 6.07) is 0. The molecule has 66 valence electrons. The summed E-state index contributed by atoms with van der Waals surface area (Å²) in [6.07, 6.45) is 2.39. The summed E-state index contributed by atoms with van der Waals surface area (Å²) in [5, 5.41) is 7.76. The van der Waals surface area contributed by atoms with E-state index >= 15 is 0 Å². The van der Waals surface area contributed by atoms with Crippen molar-refractivity contribution in [2.45, 2.75) is 12.8 Å². The van der Waals surface area contributed by atoms with Crippen molar-refractivity contribution in [3.8, 4) is 0 Å². The zero-order valence-corrected chi connectivity index (χ0v) is 6.87. The number of rotatable bonds is 3. The molecular formula is C7H7ClO4. The van der Waals surface area contributed by atoms with Crippen LogP contribution in [0, 0.1) is 5.92 Å². The molecule has 12 heavy (non-hydrogen) atoms. The summed E-state index contributed by atoms with van der Waals surface area (Å²) >= 11 is 5.17. The number of esters is 1. The Morgan fingerprint density at radius 2 is 2.08 bits per heavy atom. The minimum atomic E-state index is -1.31. The maximum absolute atomic E-state index is 10.8. The molecule has 0 amide bonds. The van der Waals surface area contributed by atoms with E-state index in [-0.39, 0.29) is 5.92 Å². The fourth-order valence-corrected chi connectivity index (χ4v) is 0.620. The van der Waals surface area contributed by atoms with Crippen LogP contribution in [-0.2, 0) is 14.3 Å². The van der Waals surface area contributed by atoms with Crippen molar-refractivity contribution in [3.63, 3.8) is 0 Å². The van der Waals surface area contributed by atoms with Crippen molar-refractivity contribution in [2.24, 2.45) is 5.92 Å². The summed E-state index contributed by atoms with van der Waals surface area (Å²) in [7, 11) is 0. The van der Waals surface area contributed by atoms with Crippen LogP contribution in [0.15, 0.2) is 11.3 Å². The Hall–Kier alpha value is -1.03. The smallest absolute Gasteiger partial charge is 0.350 e. The van der Waals surface area contributed by atoms with Gasteiger partial charge in [-0.15, -0.1) is 0 Å². The highest BCUT2D eigenvalue weighted by molar-refractivity contribution is 6.40. The number of hydrogen-bond donors (Lipinski definition) is 1. The molecule has 4 nitrogen and oxygen atoms in total. The number of hydrogen-bond acceptors (Lipinski definition) is 3. The lowest BCUT2D eigenvalue weighted by atomic mass is 10.4. The first-order valence-corrected chi connectivity index (χ1v) is 3.78. The van der Waals surface area contributed by atoms with Gasteiger partial charge in [-0.05, 0) is 12.8 Å². The van der Waals surface area contributed by atoms with Gasteiger partial charge in [0, 0.05) is 0 Å². The summed E-state index contributed by atoms with van der Waals surface area (Å²) in [6.45, 7) is 0. The van der Waals surface area contributed by atoms with E-state index < -0.39 is 17.0 Å². The van der Waals surface area contributed by atoms with Crippen LogP contribution in [0.5, 0.6) is 0 Å². The normalized spacial score (nSPS) is 17.2. The van der Waals surface area contributed by atoms with Crippen LogP contribution in [0.3, 0.4) is 0 Å². The second kappa shape index (κ2) is 3.58. The molecule has 0 aliphatic heterocycles. The van der Waals surface area contributed by atoms with Crippen molar-refractivity contribution in [2.75, 3.05) is 0 Å². The summed E-state index contributed by atoms with van der Waals surface area (Å²) in [4.78, 5) is 20.9. The Morgan fingerprint density at radius 3 is 2.50 bits per heavy atom. The predicted octanol–water partition coefficient (Wildman–Crippen LogP) is 1.10. The van der Waals surface area contributed by atoms with Gasteiger partial charge < -0.3 is 9.84 Å². The standard InChI is InChI=1S/C7H7ClO4/c8-5(6(9)10)3-12-7(11)4-1-2-4/h3-4H,1-2H2,(H,9,10). The first-order chi connectivity index (χ1) is 5.61. The van der Waals surface area contributed by atoms with E-state index in [0.717, 1.165) is 19.1 Å². The molecule has 0 aromatic heterocycles. The number of carboxylic acids is 1. The monoisotopic (exact) mass is 190 g/mol. The van der Waals surface area contributed by atoms with E-state index in [1.54, 1.807) is 0 Å². The van der Waals surface area contributed by atoms with Gasteiger partial charge in [-0.1, -0.05) is 11.6 Å². The molecule has 0 atom stereocenters. The van der Waals surface area contributed by atoms with Crippen LogP contribution in [0.2, 0.25) is 0 Å². The van der Waals surface area contributed by atoms with Crippen LogP contribution in [-0.4, -0.2) is 17.0 Å². The van der Waals surface area contributed by atoms with Gasteiger partial charge in [-0.25, -0.2) is 4.79 Å². The second-order valence-corrected chi connectivity index (χ2v) is 2.89. The number of ether oxygens (including phenoxy) is 1. The van der Waals surface area contributed by atoms with Gasteiger partial charge in [0.25, 0.3) is 0 Å². The third-order valence-electron chi connectivity index (χ3n) is 1.39. The largest absolute Gasteiger partial charge is 0.477 e. The fraction of sp³-hybridized carbons (Fsp3) is 0.429. The highest BCUT2D eigenvalue weighted by atomic mass is 35.5. The van der Waals surface area contributed by atoms with Crippen LogP contribution in [0.1, 0.15) is 12.8 Å². The van der Waals surface area contributed by atoms with E-state index in [4.69, 9.17) is 16.7 Å². The average Bonchev–Trinajstić information content (AvgIpc) is 2.81. The molecule has 0 radical (unpaired) electrons. The number of halogens is 1. The number of carbonyl (C=O) groups excluding carboxylic acids is 1. The molecule has 1 saturated carbocycles. The second-order valence-electron chi connectivity index (χ2n) is 2.48. The molecule has 5 heteroatoms. The molecule has 1 aliphatic carbocycles. The number of carbonyl (C=O) groups is 2. The molecule has 0 bridgehead atoms. The summed E-state index contributed by atoms with van der Waals surface area (Å²) in [5.41, 5.74) is 0.